The molecule has 0 atom stereocenters. The lowest BCUT2D eigenvalue weighted by molar-refractivity contribution is 0.0942. The molecule has 1 amide bonds. The lowest BCUT2D eigenvalue weighted by atomic mass is 10.1. The van der Waals surface area contributed by atoms with Gasteiger partial charge in [-0.25, -0.2) is 4.39 Å². The molecule has 3 aromatic heterocycles. The number of rotatable bonds is 7. The molecule has 0 radical (unpaired) electrons. The van der Waals surface area contributed by atoms with Gasteiger partial charge in [-0.3, -0.25) is 14.2 Å². The van der Waals surface area contributed by atoms with E-state index >= 15 is 0 Å². The average molecular weight is 436 g/mol. The van der Waals surface area contributed by atoms with Crippen molar-refractivity contribution in [3.8, 4) is 22.5 Å². The number of benzene rings is 1. The predicted octanol–water partition coefficient (Wildman–Crippen LogP) is 4.46. The summed E-state index contributed by atoms with van der Waals surface area (Å²) in [5.41, 5.74) is 5.23. The van der Waals surface area contributed by atoms with Gasteiger partial charge in [0.2, 0.25) is 0 Å². The molecule has 1 aromatic carbocycles. The normalized spacial score (nSPS) is 13.5. The van der Waals surface area contributed by atoms with Crippen molar-refractivity contribution in [2.45, 2.75) is 25.3 Å². The number of aryl methyl sites for hydroxylation is 1. The van der Waals surface area contributed by atoms with Gasteiger partial charge in [-0.05, 0) is 60.7 Å². The van der Waals surface area contributed by atoms with Gasteiger partial charge < -0.3 is 5.32 Å². The minimum absolute atomic E-state index is 0.193. The van der Waals surface area contributed by atoms with E-state index in [0.29, 0.717) is 30.4 Å². The molecule has 1 fully saturated rings. The van der Waals surface area contributed by atoms with E-state index in [1.807, 2.05) is 4.68 Å². The van der Waals surface area contributed by atoms with Crippen molar-refractivity contribution >= 4 is 17.2 Å². The Hall–Kier alpha value is -3.26. The second-order valence-electron chi connectivity index (χ2n) is 7.77. The van der Waals surface area contributed by atoms with E-state index in [0.717, 1.165) is 16.8 Å². The van der Waals surface area contributed by atoms with Crippen LogP contribution in [0, 0.1) is 5.82 Å². The van der Waals surface area contributed by atoms with E-state index in [4.69, 9.17) is 5.10 Å². The van der Waals surface area contributed by atoms with Crippen molar-refractivity contribution in [3.05, 3.63) is 70.4 Å². The molecule has 5 rings (SSSR count). The second-order valence-corrected chi connectivity index (χ2v) is 8.55. The van der Waals surface area contributed by atoms with Crippen LogP contribution < -0.4 is 5.32 Å². The van der Waals surface area contributed by atoms with Crippen molar-refractivity contribution in [3.63, 3.8) is 0 Å². The lowest BCUT2D eigenvalue weighted by Gasteiger charge is -2.08. The van der Waals surface area contributed by atoms with E-state index in [9.17, 15) is 9.18 Å². The van der Waals surface area contributed by atoms with Crippen molar-refractivity contribution in [2.75, 3.05) is 6.54 Å². The van der Waals surface area contributed by atoms with E-state index < -0.39 is 0 Å². The van der Waals surface area contributed by atoms with Crippen LogP contribution in [0.1, 0.15) is 34.9 Å². The van der Waals surface area contributed by atoms with Crippen LogP contribution in [-0.2, 0) is 13.6 Å². The third-order valence-electron chi connectivity index (χ3n) is 5.49. The Morgan fingerprint density at radius 1 is 1.13 bits per heavy atom. The minimum Gasteiger partial charge on any atom is -0.349 e. The summed E-state index contributed by atoms with van der Waals surface area (Å²) in [6.07, 6.45) is 2.39. The number of thiophene rings is 1. The number of nitrogens with one attached hydrogen (secondary N) is 1. The minimum atomic E-state index is -0.302. The fourth-order valence-corrected chi connectivity index (χ4v) is 4.33. The first-order valence-electron chi connectivity index (χ1n) is 10.3. The second kappa shape index (κ2) is 8.11. The number of aromatic nitrogens is 4. The molecular weight excluding hydrogens is 413 g/mol. The number of nitrogens with zero attached hydrogens (tertiary/aromatic N) is 4. The van der Waals surface area contributed by atoms with E-state index in [-0.39, 0.29) is 11.7 Å². The monoisotopic (exact) mass is 435 g/mol. The molecule has 0 unspecified atom stereocenters. The molecule has 1 saturated carbocycles. The molecule has 1 N–H and O–H groups in total. The molecule has 0 saturated heterocycles. The van der Waals surface area contributed by atoms with E-state index in [1.165, 1.54) is 30.7 Å². The van der Waals surface area contributed by atoms with Crippen LogP contribution in [0.2, 0.25) is 0 Å². The summed E-state index contributed by atoms with van der Waals surface area (Å²) in [7, 11) is 1.73. The Morgan fingerprint density at radius 2 is 1.90 bits per heavy atom. The van der Waals surface area contributed by atoms with Gasteiger partial charge in [-0.15, -0.1) is 0 Å². The van der Waals surface area contributed by atoms with Crippen LogP contribution in [0.4, 0.5) is 4.39 Å². The highest BCUT2D eigenvalue weighted by atomic mass is 32.1. The summed E-state index contributed by atoms with van der Waals surface area (Å²) in [6, 6.07) is 12.1. The first kappa shape index (κ1) is 19.7. The smallest absolute Gasteiger partial charge is 0.269 e. The molecule has 6 nitrogen and oxygen atoms in total. The molecular formula is C23H22FN5OS. The summed E-state index contributed by atoms with van der Waals surface area (Å²) in [5.74, 6) is 0.0801. The molecule has 4 aromatic rings. The zero-order chi connectivity index (χ0) is 21.4. The zero-order valence-corrected chi connectivity index (χ0v) is 17.9. The van der Waals surface area contributed by atoms with Gasteiger partial charge in [-0.2, -0.15) is 21.5 Å². The topological polar surface area (TPSA) is 64.7 Å². The largest absolute Gasteiger partial charge is 0.349 e. The van der Waals surface area contributed by atoms with Gasteiger partial charge in [0, 0.05) is 41.7 Å². The molecule has 3 heterocycles. The SMILES string of the molecule is Cn1nc(-c2ccc(F)cc2)cc1C(=O)NCCn1nc(-c2ccsc2)cc1C1CC1. The number of hydrogen-bond donors (Lipinski definition) is 1. The molecule has 0 bridgehead atoms. The highest BCUT2D eigenvalue weighted by molar-refractivity contribution is 7.08. The summed E-state index contributed by atoms with van der Waals surface area (Å²) < 4.78 is 16.7. The maximum atomic E-state index is 13.2. The van der Waals surface area contributed by atoms with Gasteiger partial charge in [-0.1, -0.05) is 0 Å². The predicted molar refractivity (Wildman–Crippen MR) is 118 cm³/mol. The van der Waals surface area contributed by atoms with Gasteiger partial charge in [0.15, 0.2) is 0 Å². The van der Waals surface area contributed by atoms with Crippen LogP contribution in [-0.4, -0.2) is 32.0 Å². The first-order chi connectivity index (χ1) is 15.1. The highest BCUT2D eigenvalue weighted by Gasteiger charge is 2.28. The third-order valence-corrected chi connectivity index (χ3v) is 6.17. The van der Waals surface area contributed by atoms with Gasteiger partial charge in [0.1, 0.15) is 11.5 Å². The number of halogens is 1. The van der Waals surface area contributed by atoms with Gasteiger partial charge >= 0.3 is 0 Å². The van der Waals surface area contributed by atoms with Crippen LogP contribution in [0.15, 0.2) is 53.2 Å². The third kappa shape index (κ3) is 4.16. The van der Waals surface area contributed by atoms with Crippen LogP contribution in [0.25, 0.3) is 22.5 Å². The van der Waals surface area contributed by atoms with Crippen LogP contribution >= 0.6 is 11.3 Å². The van der Waals surface area contributed by atoms with Crippen molar-refractivity contribution in [1.29, 1.82) is 0 Å². The molecule has 0 spiro atoms. The molecule has 0 aliphatic heterocycles. The Balaban J connectivity index is 1.26. The number of carbonyl (C=O) groups is 1. The maximum absolute atomic E-state index is 13.2. The summed E-state index contributed by atoms with van der Waals surface area (Å²) in [4.78, 5) is 12.7. The summed E-state index contributed by atoms with van der Waals surface area (Å²) in [6.45, 7) is 1.09. The Labute approximate surface area is 183 Å². The fourth-order valence-electron chi connectivity index (χ4n) is 3.68. The lowest BCUT2D eigenvalue weighted by Crippen LogP contribution is -2.29. The van der Waals surface area contributed by atoms with Crippen molar-refractivity contribution < 1.29 is 9.18 Å². The van der Waals surface area contributed by atoms with Gasteiger partial charge in [0.05, 0.1) is 17.9 Å². The fraction of sp³-hybridized carbons (Fsp3) is 0.261. The quantitative estimate of drug-likeness (QED) is 0.466. The molecule has 158 valence electrons. The van der Waals surface area contributed by atoms with Crippen LogP contribution in [0.5, 0.6) is 0 Å². The number of carbonyl (C=O) groups excluding carboxylic acids is 1. The average Bonchev–Trinajstić information content (AvgIpc) is 3.15. The van der Waals surface area contributed by atoms with Crippen molar-refractivity contribution in [1.82, 2.24) is 24.9 Å². The van der Waals surface area contributed by atoms with E-state index in [1.54, 1.807) is 41.3 Å². The number of hydrogen-bond acceptors (Lipinski definition) is 4. The highest BCUT2D eigenvalue weighted by Crippen LogP contribution is 2.41. The molecule has 1 aliphatic rings. The molecule has 1 aliphatic carbocycles. The Bertz CT molecular complexity index is 1210. The van der Waals surface area contributed by atoms with Gasteiger partial charge in [0.25, 0.3) is 5.91 Å². The number of amides is 1. The summed E-state index contributed by atoms with van der Waals surface area (Å²) >= 11 is 1.66. The Morgan fingerprint density at radius 3 is 2.61 bits per heavy atom. The Kier molecular flexibility index (Phi) is 5.15. The van der Waals surface area contributed by atoms with Crippen LogP contribution in [0.3, 0.4) is 0 Å². The standard InChI is InChI=1S/C23H22FN5OS/c1-28-22(13-19(26-28)15-4-6-18(24)7-5-15)23(30)25-9-10-29-21(16-2-3-16)12-20(27-29)17-8-11-31-14-17/h4-8,11-14,16H,2-3,9-10H2,1H3,(H,25,30). The maximum Gasteiger partial charge on any atom is 0.269 e. The summed E-state index contributed by atoms with van der Waals surface area (Å²) in [5, 5.41) is 16.3. The molecule has 31 heavy (non-hydrogen) atoms. The first-order valence-corrected chi connectivity index (χ1v) is 11.2. The molecule has 8 heteroatoms. The van der Waals surface area contributed by atoms with E-state index in [2.05, 4.69) is 33.3 Å². The van der Waals surface area contributed by atoms with Crippen molar-refractivity contribution in [2.24, 2.45) is 7.05 Å². The zero-order valence-electron chi connectivity index (χ0n) is 17.1.